The minimum Gasteiger partial charge on any atom is -0.389 e. The molecular formula is C16H19N3S. The van der Waals surface area contributed by atoms with Crippen LogP contribution in [0.3, 0.4) is 0 Å². The summed E-state index contributed by atoms with van der Waals surface area (Å²) in [4.78, 5) is 4.82. The third-order valence-electron chi connectivity index (χ3n) is 4.12. The summed E-state index contributed by atoms with van der Waals surface area (Å²) < 4.78 is 0. The van der Waals surface area contributed by atoms with E-state index < -0.39 is 0 Å². The molecule has 0 atom stereocenters. The van der Waals surface area contributed by atoms with Crippen LogP contribution in [-0.4, -0.2) is 16.5 Å². The Balaban J connectivity index is 1.88. The number of aromatic nitrogens is 1. The number of nitrogens with one attached hydrogen (secondary N) is 1. The van der Waals surface area contributed by atoms with Crippen molar-refractivity contribution < 1.29 is 0 Å². The van der Waals surface area contributed by atoms with Gasteiger partial charge in [0.15, 0.2) is 0 Å². The van der Waals surface area contributed by atoms with Crippen molar-refractivity contribution in [2.24, 2.45) is 11.7 Å². The smallest absolute Gasteiger partial charge is 0.107 e. The molecule has 1 saturated carbocycles. The molecule has 3 rings (SSSR count). The van der Waals surface area contributed by atoms with E-state index in [2.05, 4.69) is 16.4 Å². The first kappa shape index (κ1) is 13.3. The average Bonchev–Trinajstić information content (AvgIpc) is 2.41. The summed E-state index contributed by atoms with van der Waals surface area (Å²) in [5, 5.41) is 4.62. The van der Waals surface area contributed by atoms with Gasteiger partial charge in [0.05, 0.1) is 16.8 Å². The van der Waals surface area contributed by atoms with Crippen LogP contribution in [0.4, 0.5) is 5.69 Å². The Labute approximate surface area is 124 Å². The van der Waals surface area contributed by atoms with E-state index in [1.807, 2.05) is 18.2 Å². The number of pyridine rings is 1. The van der Waals surface area contributed by atoms with Gasteiger partial charge in [-0.05, 0) is 18.4 Å². The van der Waals surface area contributed by atoms with E-state index in [1.165, 1.54) is 25.7 Å². The Morgan fingerprint density at radius 2 is 2.15 bits per heavy atom. The van der Waals surface area contributed by atoms with Crippen LogP contribution in [0.25, 0.3) is 10.9 Å². The molecule has 1 aromatic carbocycles. The van der Waals surface area contributed by atoms with Gasteiger partial charge >= 0.3 is 0 Å². The Kier molecular flexibility index (Phi) is 3.83. The molecule has 1 aliphatic carbocycles. The van der Waals surface area contributed by atoms with Crippen molar-refractivity contribution >= 4 is 33.8 Å². The predicted octanol–water partition coefficient (Wildman–Crippen LogP) is 3.47. The molecule has 104 valence electrons. The topological polar surface area (TPSA) is 50.9 Å². The standard InChI is InChI=1S/C16H19N3S/c17-16(20)13-10-19-14-7-2-1-6-12(14)15(13)18-9-8-11-4-3-5-11/h1-2,6-7,10-11H,3-5,8-9H2,(H2,17,20)(H,18,19). The Bertz CT molecular complexity index is 635. The SMILES string of the molecule is NC(=S)c1cnc2ccccc2c1NCCC1CCC1. The summed E-state index contributed by atoms with van der Waals surface area (Å²) in [6.07, 6.45) is 7.13. The summed E-state index contributed by atoms with van der Waals surface area (Å²) in [6, 6.07) is 8.09. The van der Waals surface area contributed by atoms with E-state index >= 15 is 0 Å². The monoisotopic (exact) mass is 285 g/mol. The van der Waals surface area contributed by atoms with Gasteiger partial charge in [0.1, 0.15) is 4.99 Å². The van der Waals surface area contributed by atoms with E-state index in [0.717, 1.165) is 34.6 Å². The second-order valence-electron chi connectivity index (χ2n) is 5.44. The largest absolute Gasteiger partial charge is 0.389 e. The molecule has 0 spiro atoms. The number of rotatable bonds is 5. The average molecular weight is 285 g/mol. The van der Waals surface area contributed by atoms with Crippen molar-refractivity contribution in [3.8, 4) is 0 Å². The molecule has 3 nitrogen and oxygen atoms in total. The van der Waals surface area contributed by atoms with Gasteiger partial charge in [-0.1, -0.05) is 49.7 Å². The number of anilines is 1. The second kappa shape index (κ2) is 5.75. The molecule has 0 radical (unpaired) electrons. The maximum Gasteiger partial charge on any atom is 0.107 e. The van der Waals surface area contributed by atoms with E-state index in [4.69, 9.17) is 18.0 Å². The first-order chi connectivity index (χ1) is 9.75. The highest BCUT2D eigenvalue weighted by Gasteiger charge is 2.17. The van der Waals surface area contributed by atoms with Crippen LogP contribution in [0.15, 0.2) is 30.5 Å². The van der Waals surface area contributed by atoms with Crippen LogP contribution in [0.2, 0.25) is 0 Å². The molecule has 3 N–H and O–H groups in total. The summed E-state index contributed by atoms with van der Waals surface area (Å²) in [7, 11) is 0. The Morgan fingerprint density at radius 1 is 1.35 bits per heavy atom. The fourth-order valence-electron chi connectivity index (χ4n) is 2.70. The summed E-state index contributed by atoms with van der Waals surface area (Å²) in [6.45, 7) is 0.967. The van der Waals surface area contributed by atoms with Gasteiger partial charge in [0, 0.05) is 18.1 Å². The second-order valence-corrected chi connectivity index (χ2v) is 5.88. The van der Waals surface area contributed by atoms with E-state index in [-0.39, 0.29) is 0 Å². The van der Waals surface area contributed by atoms with E-state index in [1.54, 1.807) is 6.20 Å². The van der Waals surface area contributed by atoms with Gasteiger partial charge in [-0.25, -0.2) is 0 Å². The Hall–Kier alpha value is -1.68. The highest BCUT2D eigenvalue weighted by molar-refractivity contribution is 7.80. The number of para-hydroxylation sites is 1. The quantitative estimate of drug-likeness (QED) is 0.826. The maximum atomic E-state index is 5.83. The lowest BCUT2D eigenvalue weighted by Crippen LogP contribution is -2.18. The lowest BCUT2D eigenvalue weighted by atomic mass is 9.83. The molecule has 2 aromatic rings. The highest BCUT2D eigenvalue weighted by atomic mass is 32.1. The molecule has 1 aliphatic rings. The number of thiocarbonyl (C=S) groups is 1. The normalized spacial score (nSPS) is 15.0. The zero-order chi connectivity index (χ0) is 13.9. The third-order valence-corrected chi connectivity index (χ3v) is 4.34. The van der Waals surface area contributed by atoms with Crippen LogP contribution in [-0.2, 0) is 0 Å². The predicted molar refractivity (Wildman–Crippen MR) is 88.1 cm³/mol. The Morgan fingerprint density at radius 3 is 2.85 bits per heavy atom. The zero-order valence-corrected chi connectivity index (χ0v) is 12.2. The van der Waals surface area contributed by atoms with Crippen molar-refractivity contribution in [3.05, 3.63) is 36.0 Å². The fourth-order valence-corrected chi connectivity index (χ4v) is 2.86. The van der Waals surface area contributed by atoms with E-state index in [9.17, 15) is 0 Å². The lowest BCUT2D eigenvalue weighted by Gasteiger charge is -2.25. The minimum absolute atomic E-state index is 0.398. The van der Waals surface area contributed by atoms with Gasteiger partial charge in [0.25, 0.3) is 0 Å². The molecule has 20 heavy (non-hydrogen) atoms. The van der Waals surface area contributed by atoms with Crippen molar-refractivity contribution in [1.29, 1.82) is 0 Å². The van der Waals surface area contributed by atoms with Gasteiger partial charge in [-0.2, -0.15) is 0 Å². The lowest BCUT2D eigenvalue weighted by molar-refractivity contribution is 0.303. The van der Waals surface area contributed by atoms with Gasteiger partial charge < -0.3 is 11.1 Å². The fraction of sp³-hybridized carbons (Fsp3) is 0.375. The first-order valence-electron chi connectivity index (χ1n) is 7.17. The summed E-state index contributed by atoms with van der Waals surface area (Å²) in [5.41, 5.74) is 8.67. The summed E-state index contributed by atoms with van der Waals surface area (Å²) in [5.74, 6) is 0.892. The van der Waals surface area contributed by atoms with Gasteiger partial charge in [-0.3, -0.25) is 4.98 Å². The van der Waals surface area contributed by atoms with Crippen molar-refractivity contribution in [1.82, 2.24) is 4.98 Å². The molecule has 1 heterocycles. The number of fused-ring (bicyclic) bond motifs is 1. The summed E-state index contributed by atoms with van der Waals surface area (Å²) >= 11 is 5.15. The van der Waals surface area contributed by atoms with Crippen molar-refractivity contribution in [3.63, 3.8) is 0 Å². The molecule has 0 unspecified atom stereocenters. The molecule has 1 aromatic heterocycles. The van der Waals surface area contributed by atoms with Crippen LogP contribution in [0, 0.1) is 5.92 Å². The zero-order valence-electron chi connectivity index (χ0n) is 11.4. The number of hydrogen-bond acceptors (Lipinski definition) is 3. The molecular weight excluding hydrogens is 266 g/mol. The van der Waals surface area contributed by atoms with E-state index in [0.29, 0.717) is 4.99 Å². The van der Waals surface area contributed by atoms with Crippen LogP contribution in [0.1, 0.15) is 31.2 Å². The third kappa shape index (κ3) is 2.61. The number of benzene rings is 1. The number of nitrogens with two attached hydrogens (primary N) is 1. The molecule has 1 fully saturated rings. The maximum absolute atomic E-state index is 5.83. The first-order valence-corrected chi connectivity index (χ1v) is 7.58. The number of hydrogen-bond donors (Lipinski definition) is 2. The molecule has 0 bridgehead atoms. The van der Waals surface area contributed by atoms with Gasteiger partial charge in [-0.15, -0.1) is 0 Å². The molecule has 0 amide bonds. The van der Waals surface area contributed by atoms with Crippen LogP contribution >= 0.6 is 12.2 Å². The molecule has 0 saturated heterocycles. The molecule has 4 heteroatoms. The van der Waals surface area contributed by atoms with Crippen molar-refractivity contribution in [2.75, 3.05) is 11.9 Å². The van der Waals surface area contributed by atoms with Gasteiger partial charge in [0.2, 0.25) is 0 Å². The molecule has 0 aliphatic heterocycles. The minimum atomic E-state index is 0.398. The van der Waals surface area contributed by atoms with Crippen LogP contribution < -0.4 is 11.1 Å². The number of nitrogens with zero attached hydrogens (tertiary/aromatic N) is 1. The van der Waals surface area contributed by atoms with Crippen molar-refractivity contribution in [2.45, 2.75) is 25.7 Å². The van der Waals surface area contributed by atoms with Crippen LogP contribution in [0.5, 0.6) is 0 Å². The highest BCUT2D eigenvalue weighted by Crippen LogP contribution is 2.30.